The van der Waals surface area contributed by atoms with Gasteiger partial charge in [-0.25, -0.2) is 0 Å². The molecule has 1 aliphatic carbocycles. The van der Waals surface area contributed by atoms with Gasteiger partial charge in [0.1, 0.15) is 11.2 Å². The molecule has 9 aromatic carbocycles. The molecule has 0 amide bonds. The number of rotatable bonds is 5. The second-order valence-electron chi connectivity index (χ2n) is 12.0. The van der Waals surface area contributed by atoms with Crippen LogP contribution in [0.25, 0.3) is 76.9 Å². The van der Waals surface area contributed by atoms with Crippen LogP contribution in [0.15, 0.2) is 192 Å². The van der Waals surface area contributed by atoms with Gasteiger partial charge in [0.2, 0.25) is 0 Å². The van der Waals surface area contributed by atoms with Gasteiger partial charge in [0.05, 0.1) is 59.3 Å². The van der Waals surface area contributed by atoms with E-state index in [0.717, 1.165) is 0 Å². The van der Waals surface area contributed by atoms with Crippen molar-refractivity contribution in [3.63, 3.8) is 0 Å². The van der Waals surface area contributed by atoms with Gasteiger partial charge >= 0.3 is 0 Å². The van der Waals surface area contributed by atoms with E-state index in [1.165, 1.54) is 0 Å². The summed E-state index contributed by atoms with van der Waals surface area (Å²) in [5.41, 5.74) is -18.9. The molecule has 0 atom stereocenters. The highest BCUT2D eigenvalue weighted by molar-refractivity contribution is 6.15. The van der Waals surface area contributed by atoms with Crippen molar-refractivity contribution in [3.8, 4) is 33.4 Å². The fourth-order valence-electron chi connectivity index (χ4n) is 6.53. The number of benzene rings is 9. The SMILES string of the molecule is [2H]c1c([2H])c([2H])c(-c2c([2H])c([2H])c3c(oc4c([2H])c([2H])c([2H])c(N(c5c([2H])c([2H])c([2H])c(-c6c([2H])c([2H])c7c([2H])c([2H])c8c([2H])c([2H])c([2H])c([2H])c8c7c6[2H])c5[2H])c5c([2H])c([2H])c([2H])c6c5-c5c([2H])c([2H])c([2H])c([2H])c5C6(C([2H])([2H])[2H])C([2H])([2H])[2H])c43)c2[2H])c([2H])c1[2H]. The lowest BCUT2D eigenvalue weighted by Gasteiger charge is -2.29. The standard InChI is InChI=1S/C53H37NO/c1-53(2)45-20-9-8-19-42(45)51-46(53)21-11-22-47(51)54(48-23-12-24-49-52(48)43-30-29-39(33-50(43)55-49)34-13-4-3-5-14-34)40-17-10-16-37(31-40)38-28-27-36-26-25-35-15-6-7-18-41(35)44(36)32-38/h3-33H,1-2H3/i1D3,2D3,3D,4D,5D,6D,7D,8D,9D,10D,11D,12D,13D,14D,15D,16D,17D,18D,19D,20D,21D,22D,23D,24D,25D,26D,27D,28D,29D,30D,31D,32D,33D. The first-order valence-electron chi connectivity index (χ1n) is 34.6. The molecule has 2 nitrogen and oxygen atoms in total. The molecule has 260 valence electrons. The van der Waals surface area contributed by atoms with Crippen LogP contribution in [0.1, 0.15) is 75.5 Å². The molecule has 1 heterocycles. The van der Waals surface area contributed by atoms with Crippen molar-refractivity contribution < 1.29 is 55.1 Å². The number of nitrogens with zero attached hydrogens (tertiary/aromatic N) is 1. The zero-order chi connectivity index (χ0) is 68.7. The van der Waals surface area contributed by atoms with Crippen LogP contribution >= 0.6 is 0 Å². The molecule has 11 rings (SSSR count). The molecule has 1 aliphatic rings. The molecular formula is C53H37NO. The van der Waals surface area contributed by atoms with E-state index in [-0.39, 0.29) is 4.90 Å². The van der Waals surface area contributed by atoms with Crippen molar-refractivity contribution in [1.82, 2.24) is 0 Å². The van der Waals surface area contributed by atoms with Crippen LogP contribution in [0.3, 0.4) is 0 Å². The van der Waals surface area contributed by atoms with E-state index in [0.29, 0.717) is 0 Å². The fraction of sp³-hybridized carbons (Fsp3) is 0.0566. The maximum Gasteiger partial charge on any atom is 0.137 e. The van der Waals surface area contributed by atoms with Crippen LogP contribution in [-0.2, 0) is 5.41 Å². The molecule has 0 fully saturated rings. The van der Waals surface area contributed by atoms with E-state index >= 15 is 0 Å². The maximum absolute atomic E-state index is 10.3. The number of anilines is 3. The lowest BCUT2D eigenvalue weighted by Crippen LogP contribution is -2.16. The maximum atomic E-state index is 10.3. The lowest BCUT2D eigenvalue weighted by atomic mass is 9.82. The summed E-state index contributed by atoms with van der Waals surface area (Å²) >= 11 is 0. The molecule has 0 saturated carbocycles. The summed E-state index contributed by atoms with van der Waals surface area (Å²) in [7, 11) is 0. The van der Waals surface area contributed by atoms with Gasteiger partial charge in [-0.1, -0.05) is 153 Å². The Kier molecular flexibility index (Phi) is 2.59. The highest BCUT2D eigenvalue weighted by atomic mass is 16.3. The first-order valence-corrected chi connectivity index (χ1v) is 16.1. The molecular weight excluding hydrogens is 667 g/mol. The Bertz CT molecular complexity index is 5110. The number of furan rings is 1. The van der Waals surface area contributed by atoms with Crippen molar-refractivity contribution in [3.05, 3.63) is 198 Å². The second kappa shape index (κ2) is 12.1. The van der Waals surface area contributed by atoms with Gasteiger partial charge in [0, 0.05) is 30.3 Å². The van der Waals surface area contributed by atoms with Gasteiger partial charge in [-0.15, -0.1) is 0 Å². The third-order valence-electron chi connectivity index (χ3n) is 8.94. The van der Waals surface area contributed by atoms with E-state index < -0.39 is 311 Å². The minimum atomic E-state index is -4.10. The Labute approximate surface area is 372 Å². The van der Waals surface area contributed by atoms with Crippen molar-refractivity contribution in [2.24, 2.45) is 0 Å². The molecule has 0 aliphatic heterocycles. The highest BCUT2D eigenvalue weighted by Gasteiger charge is 2.38. The van der Waals surface area contributed by atoms with Gasteiger partial charge in [0.15, 0.2) is 0 Å². The van der Waals surface area contributed by atoms with Gasteiger partial charge < -0.3 is 9.32 Å². The minimum absolute atomic E-state index is 0.258. The number of fused-ring (bicyclic) bond motifs is 9. The third-order valence-corrected chi connectivity index (χ3v) is 8.94. The number of hydrogen-bond acceptors (Lipinski definition) is 2. The first-order chi connectivity index (χ1) is 42.5. The summed E-state index contributed by atoms with van der Waals surface area (Å²) in [6.07, 6.45) is 0. The summed E-state index contributed by atoms with van der Waals surface area (Å²) in [5, 5.41) is -4.73. The summed E-state index contributed by atoms with van der Waals surface area (Å²) < 4.78 is 345. The largest absolute Gasteiger partial charge is 0.456 e. The summed E-state index contributed by atoms with van der Waals surface area (Å²) in [4.78, 5) is 0.258. The Morgan fingerprint density at radius 2 is 1.15 bits per heavy atom. The van der Waals surface area contributed by atoms with Crippen molar-refractivity contribution in [2.45, 2.75) is 19.1 Å². The molecule has 0 spiro atoms. The molecule has 1 aromatic heterocycles. The molecule has 55 heavy (non-hydrogen) atoms. The van der Waals surface area contributed by atoms with Crippen LogP contribution < -0.4 is 4.90 Å². The monoisotopic (exact) mass is 741 g/mol. The Morgan fingerprint density at radius 3 is 2.05 bits per heavy atom. The zero-order valence-electron chi connectivity index (χ0n) is 64.4. The highest BCUT2D eigenvalue weighted by Crippen LogP contribution is 2.55. The molecule has 0 N–H and O–H groups in total. The van der Waals surface area contributed by atoms with Crippen LogP contribution in [0.2, 0.25) is 0 Å². The lowest BCUT2D eigenvalue weighted by molar-refractivity contribution is 0.660. The van der Waals surface area contributed by atoms with E-state index in [1.807, 2.05) is 0 Å². The van der Waals surface area contributed by atoms with E-state index in [9.17, 15) is 24.7 Å². The van der Waals surface area contributed by atoms with Gasteiger partial charge in [0.25, 0.3) is 0 Å². The van der Waals surface area contributed by atoms with Gasteiger partial charge in [-0.3, -0.25) is 0 Å². The van der Waals surface area contributed by atoms with E-state index in [4.69, 9.17) is 30.5 Å². The Balaban J connectivity index is 1.45. The molecule has 2 heteroatoms. The molecule has 10 aromatic rings. The van der Waals surface area contributed by atoms with Gasteiger partial charge in [-0.05, 0) is 109 Å². The normalized spacial score (nSPS) is 23.0. The quantitative estimate of drug-likeness (QED) is 0.163. The van der Waals surface area contributed by atoms with Crippen LogP contribution in [0.5, 0.6) is 0 Å². The molecule has 0 saturated heterocycles. The first kappa shape index (κ1) is 11.8. The van der Waals surface area contributed by atoms with Crippen molar-refractivity contribution >= 4 is 60.5 Å². The van der Waals surface area contributed by atoms with E-state index in [1.54, 1.807) is 0 Å². The second-order valence-corrected chi connectivity index (χ2v) is 12.0. The Morgan fingerprint density at radius 1 is 0.473 bits per heavy atom. The molecule has 0 radical (unpaired) electrons. The molecule has 0 bridgehead atoms. The average Bonchev–Trinajstić information content (AvgIpc) is 1.47. The minimum Gasteiger partial charge on any atom is -0.456 e. The summed E-state index contributed by atoms with van der Waals surface area (Å²) in [6.45, 7) is -8.21. The predicted molar refractivity (Wildman–Crippen MR) is 232 cm³/mol. The van der Waals surface area contributed by atoms with Crippen LogP contribution in [0.4, 0.5) is 17.1 Å². The number of hydrogen-bond donors (Lipinski definition) is 0. The predicted octanol–water partition coefficient (Wildman–Crippen LogP) is 15.0. The van der Waals surface area contributed by atoms with E-state index in [2.05, 4.69) is 0 Å². The summed E-state index contributed by atoms with van der Waals surface area (Å²) in [5.74, 6) is 0. The van der Waals surface area contributed by atoms with Crippen LogP contribution in [0, 0.1) is 0 Å². The van der Waals surface area contributed by atoms with Gasteiger partial charge in [-0.2, -0.15) is 0 Å². The Hall–Kier alpha value is -6.90. The summed E-state index contributed by atoms with van der Waals surface area (Å²) in [6, 6.07) is -36.2. The average molecular weight is 741 g/mol. The molecule has 0 unspecified atom stereocenters. The van der Waals surface area contributed by atoms with Crippen molar-refractivity contribution in [2.75, 3.05) is 4.90 Å². The fourth-order valence-corrected chi connectivity index (χ4v) is 6.53. The van der Waals surface area contributed by atoms with Crippen molar-refractivity contribution in [1.29, 1.82) is 0 Å². The zero-order valence-corrected chi connectivity index (χ0v) is 27.4. The smallest absolute Gasteiger partial charge is 0.137 e. The third kappa shape index (κ3) is 4.88. The van der Waals surface area contributed by atoms with Crippen LogP contribution in [-0.4, -0.2) is 0 Å². The topological polar surface area (TPSA) is 16.4 Å².